The van der Waals surface area contributed by atoms with E-state index in [2.05, 4.69) is 43.3 Å². The van der Waals surface area contributed by atoms with Gasteiger partial charge in [-0.15, -0.1) is 35.3 Å². The molecular weight excluding hydrogens is 401 g/mol. The molecule has 0 aliphatic carbocycles. The van der Waals surface area contributed by atoms with Crippen LogP contribution in [-0.4, -0.2) is 29.2 Å². The Morgan fingerprint density at radius 2 is 2.29 bits per heavy atom. The van der Waals surface area contributed by atoms with Crippen LogP contribution in [0.5, 0.6) is 0 Å². The van der Waals surface area contributed by atoms with Gasteiger partial charge in [-0.3, -0.25) is 0 Å². The topological polar surface area (TPSA) is 75.3 Å². The van der Waals surface area contributed by atoms with Crippen molar-refractivity contribution in [2.24, 2.45) is 4.99 Å². The first-order valence-electron chi connectivity index (χ1n) is 6.61. The van der Waals surface area contributed by atoms with Crippen molar-refractivity contribution in [1.29, 1.82) is 0 Å². The van der Waals surface area contributed by atoms with Crippen molar-refractivity contribution in [2.45, 2.75) is 26.8 Å². The van der Waals surface area contributed by atoms with Crippen LogP contribution in [0.3, 0.4) is 0 Å². The maximum absolute atomic E-state index is 4.92. The van der Waals surface area contributed by atoms with Crippen LogP contribution in [0.25, 0.3) is 0 Å². The summed E-state index contributed by atoms with van der Waals surface area (Å²) in [5, 5.41) is 12.4. The van der Waals surface area contributed by atoms with E-state index in [1.807, 2.05) is 6.92 Å². The first-order valence-corrected chi connectivity index (χ1v) is 7.49. The quantitative estimate of drug-likeness (QED) is 0.426. The number of hydrogen-bond acceptors (Lipinski definition) is 5. The molecule has 0 atom stereocenters. The van der Waals surface area contributed by atoms with Crippen molar-refractivity contribution in [3.63, 3.8) is 0 Å². The number of nitrogens with zero attached hydrogens (tertiary/aromatic N) is 3. The Balaban J connectivity index is 0.00000220. The van der Waals surface area contributed by atoms with Gasteiger partial charge in [0, 0.05) is 24.9 Å². The fourth-order valence-corrected chi connectivity index (χ4v) is 2.36. The Hall–Kier alpha value is -1.16. The van der Waals surface area contributed by atoms with Gasteiger partial charge in [-0.2, -0.15) is 4.98 Å². The summed E-state index contributed by atoms with van der Waals surface area (Å²) >= 11 is 1.77. The van der Waals surface area contributed by atoms with E-state index in [0.29, 0.717) is 18.3 Å². The minimum absolute atomic E-state index is 0. The molecule has 0 unspecified atom stereocenters. The highest BCUT2D eigenvalue weighted by molar-refractivity contribution is 14.0. The van der Waals surface area contributed by atoms with Crippen LogP contribution in [-0.2, 0) is 13.0 Å². The lowest BCUT2D eigenvalue weighted by Gasteiger charge is -2.10. The average molecular weight is 421 g/mol. The van der Waals surface area contributed by atoms with Crippen molar-refractivity contribution >= 4 is 41.3 Å². The molecular formula is C13H20IN5OS. The Morgan fingerprint density at radius 3 is 2.90 bits per heavy atom. The van der Waals surface area contributed by atoms with Crippen molar-refractivity contribution in [3.8, 4) is 0 Å². The molecule has 116 valence electrons. The maximum atomic E-state index is 4.92. The monoisotopic (exact) mass is 421 g/mol. The molecule has 2 heterocycles. The highest BCUT2D eigenvalue weighted by atomic mass is 127. The average Bonchev–Trinajstić information content (AvgIpc) is 3.07. The molecule has 0 aromatic carbocycles. The summed E-state index contributed by atoms with van der Waals surface area (Å²) in [6.45, 7) is 5.87. The van der Waals surface area contributed by atoms with Crippen LogP contribution in [0, 0.1) is 6.92 Å². The minimum Gasteiger partial charge on any atom is -0.357 e. The number of aryl methyl sites for hydroxylation is 1. The van der Waals surface area contributed by atoms with Crippen LogP contribution in [0.2, 0.25) is 0 Å². The fourth-order valence-electron chi connectivity index (χ4n) is 1.66. The molecule has 21 heavy (non-hydrogen) atoms. The Kier molecular flexibility index (Phi) is 8.28. The molecule has 2 aromatic rings. The van der Waals surface area contributed by atoms with E-state index in [4.69, 9.17) is 4.52 Å². The van der Waals surface area contributed by atoms with Crippen LogP contribution in [0.4, 0.5) is 0 Å². The smallest absolute Gasteiger partial charge is 0.223 e. The second-order valence-corrected chi connectivity index (χ2v) is 5.21. The van der Waals surface area contributed by atoms with E-state index < -0.39 is 0 Å². The molecule has 0 radical (unpaired) electrons. The zero-order valence-corrected chi connectivity index (χ0v) is 15.3. The van der Waals surface area contributed by atoms with E-state index in [0.717, 1.165) is 25.5 Å². The molecule has 8 heteroatoms. The summed E-state index contributed by atoms with van der Waals surface area (Å²) < 4.78 is 4.92. The number of aromatic nitrogens is 2. The van der Waals surface area contributed by atoms with Gasteiger partial charge in [0.05, 0.1) is 0 Å². The van der Waals surface area contributed by atoms with Crippen LogP contribution in [0.1, 0.15) is 23.5 Å². The second-order valence-electron chi connectivity index (χ2n) is 4.18. The van der Waals surface area contributed by atoms with E-state index >= 15 is 0 Å². The first-order chi connectivity index (χ1) is 9.78. The van der Waals surface area contributed by atoms with Gasteiger partial charge in [0.2, 0.25) is 5.89 Å². The van der Waals surface area contributed by atoms with Crippen molar-refractivity contribution < 1.29 is 4.52 Å². The summed E-state index contributed by atoms with van der Waals surface area (Å²) in [5.41, 5.74) is 0. The van der Waals surface area contributed by atoms with Gasteiger partial charge >= 0.3 is 0 Å². The van der Waals surface area contributed by atoms with E-state index in [1.165, 1.54) is 4.88 Å². The predicted octanol–water partition coefficient (Wildman–Crippen LogP) is 2.36. The third kappa shape index (κ3) is 6.42. The van der Waals surface area contributed by atoms with E-state index in [1.54, 1.807) is 18.3 Å². The summed E-state index contributed by atoms with van der Waals surface area (Å²) in [5.74, 6) is 1.93. The number of nitrogens with one attached hydrogen (secondary N) is 2. The van der Waals surface area contributed by atoms with E-state index in [-0.39, 0.29) is 24.0 Å². The van der Waals surface area contributed by atoms with Gasteiger partial charge in [0.25, 0.3) is 0 Å². The molecule has 2 N–H and O–H groups in total. The molecule has 0 fully saturated rings. The maximum Gasteiger partial charge on any atom is 0.223 e. The Bertz CT molecular complexity index is 541. The number of thiophene rings is 1. The highest BCUT2D eigenvalue weighted by Gasteiger charge is 2.02. The lowest BCUT2D eigenvalue weighted by molar-refractivity contribution is 0.387. The number of rotatable bonds is 6. The molecule has 6 nitrogen and oxygen atoms in total. The molecule has 0 amide bonds. The zero-order chi connectivity index (χ0) is 14.2. The standard InChI is InChI=1S/C13H19N5OS.HI/c1-3-14-13(15-7-6-11-5-4-8-20-11)16-9-12-17-10(2)19-18-12;/h4-5,8H,3,6-7,9H2,1-2H3,(H2,14,15,16);1H. The Labute approximate surface area is 145 Å². The Morgan fingerprint density at radius 1 is 1.43 bits per heavy atom. The zero-order valence-electron chi connectivity index (χ0n) is 12.1. The van der Waals surface area contributed by atoms with Gasteiger partial charge in [0.15, 0.2) is 11.8 Å². The highest BCUT2D eigenvalue weighted by Crippen LogP contribution is 2.07. The van der Waals surface area contributed by atoms with E-state index in [9.17, 15) is 0 Å². The van der Waals surface area contributed by atoms with Gasteiger partial charge in [-0.1, -0.05) is 11.2 Å². The van der Waals surface area contributed by atoms with Crippen LogP contribution >= 0.6 is 35.3 Å². The largest absolute Gasteiger partial charge is 0.357 e. The number of halogens is 1. The van der Waals surface area contributed by atoms with Gasteiger partial charge in [-0.05, 0) is 24.8 Å². The molecule has 0 saturated carbocycles. The second kappa shape index (κ2) is 9.72. The summed E-state index contributed by atoms with van der Waals surface area (Å²) in [6, 6.07) is 4.20. The van der Waals surface area contributed by atoms with Crippen LogP contribution < -0.4 is 10.6 Å². The molecule has 2 aromatic heterocycles. The lowest BCUT2D eigenvalue weighted by Crippen LogP contribution is -2.38. The number of aliphatic imine (C=N–C) groups is 1. The van der Waals surface area contributed by atoms with Crippen molar-refractivity contribution in [3.05, 3.63) is 34.1 Å². The lowest BCUT2D eigenvalue weighted by atomic mass is 10.3. The van der Waals surface area contributed by atoms with Gasteiger partial charge < -0.3 is 15.2 Å². The molecule has 0 bridgehead atoms. The predicted molar refractivity (Wildman–Crippen MR) is 95.3 cm³/mol. The number of guanidine groups is 1. The first kappa shape index (κ1) is 17.9. The number of hydrogen-bond donors (Lipinski definition) is 2. The SMILES string of the molecule is CCNC(=NCc1noc(C)n1)NCCc1cccs1.I. The normalized spacial score (nSPS) is 11.0. The van der Waals surface area contributed by atoms with Gasteiger partial charge in [0.1, 0.15) is 6.54 Å². The third-order valence-electron chi connectivity index (χ3n) is 2.54. The minimum atomic E-state index is 0. The van der Waals surface area contributed by atoms with Crippen molar-refractivity contribution in [1.82, 2.24) is 20.8 Å². The third-order valence-corrected chi connectivity index (χ3v) is 3.47. The molecule has 0 aliphatic rings. The van der Waals surface area contributed by atoms with Crippen molar-refractivity contribution in [2.75, 3.05) is 13.1 Å². The molecule has 0 aliphatic heterocycles. The summed E-state index contributed by atoms with van der Waals surface area (Å²) in [7, 11) is 0. The summed E-state index contributed by atoms with van der Waals surface area (Å²) in [4.78, 5) is 9.92. The molecule has 2 rings (SSSR count). The summed E-state index contributed by atoms with van der Waals surface area (Å²) in [6.07, 6.45) is 0.989. The molecule has 0 spiro atoms. The molecule has 0 saturated heterocycles. The fraction of sp³-hybridized carbons (Fsp3) is 0.462. The van der Waals surface area contributed by atoms with Crippen LogP contribution in [0.15, 0.2) is 27.0 Å². The van der Waals surface area contributed by atoms with Gasteiger partial charge in [-0.25, -0.2) is 4.99 Å².